The number of carbonyl (C=O) groups is 1. The van der Waals surface area contributed by atoms with E-state index in [-0.39, 0.29) is 18.6 Å². The van der Waals surface area contributed by atoms with Crippen molar-refractivity contribution in [3.05, 3.63) is 34.9 Å². The Bertz CT molecular complexity index is 538. The number of nitrogens with zero attached hydrogens (tertiary/aromatic N) is 1. The van der Waals surface area contributed by atoms with Crippen LogP contribution in [0.3, 0.4) is 0 Å². The minimum atomic E-state index is -0.158. The monoisotopic (exact) mass is 273 g/mol. The molecular weight excluding hydrogens is 250 g/mol. The van der Waals surface area contributed by atoms with Gasteiger partial charge in [-0.3, -0.25) is 4.79 Å². The summed E-state index contributed by atoms with van der Waals surface area (Å²) in [5.74, 6) is 5.93. The maximum atomic E-state index is 12.4. The lowest BCUT2D eigenvalue weighted by Gasteiger charge is -2.28. The second-order valence-electron chi connectivity index (χ2n) is 5.39. The number of aryl methyl sites for hydroxylation is 1. The summed E-state index contributed by atoms with van der Waals surface area (Å²) in [5.41, 5.74) is 2.46. The molecule has 1 amide bonds. The van der Waals surface area contributed by atoms with Crippen LogP contribution in [0.4, 0.5) is 0 Å². The van der Waals surface area contributed by atoms with Crippen molar-refractivity contribution in [3.8, 4) is 11.8 Å². The van der Waals surface area contributed by atoms with E-state index in [2.05, 4.69) is 32.6 Å². The van der Waals surface area contributed by atoms with Crippen molar-refractivity contribution >= 4 is 5.91 Å². The van der Waals surface area contributed by atoms with Crippen molar-refractivity contribution < 1.29 is 9.90 Å². The van der Waals surface area contributed by atoms with Crippen LogP contribution in [0.15, 0.2) is 18.2 Å². The Labute approximate surface area is 121 Å². The second-order valence-corrected chi connectivity index (χ2v) is 5.39. The van der Waals surface area contributed by atoms with Gasteiger partial charge in [-0.1, -0.05) is 25.7 Å². The van der Waals surface area contributed by atoms with Gasteiger partial charge in [0, 0.05) is 24.2 Å². The van der Waals surface area contributed by atoms with Gasteiger partial charge in [0.25, 0.3) is 5.91 Å². The molecule has 0 bridgehead atoms. The zero-order chi connectivity index (χ0) is 15.3. The van der Waals surface area contributed by atoms with E-state index in [1.165, 1.54) is 0 Å². The molecule has 20 heavy (non-hydrogen) atoms. The molecule has 0 aliphatic carbocycles. The van der Waals surface area contributed by atoms with E-state index in [0.29, 0.717) is 11.5 Å². The lowest BCUT2D eigenvalue weighted by molar-refractivity contribution is 0.0707. The quantitative estimate of drug-likeness (QED) is 0.859. The Morgan fingerprint density at radius 1 is 1.35 bits per heavy atom. The largest absolute Gasteiger partial charge is 0.384 e. The summed E-state index contributed by atoms with van der Waals surface area (Å²) < 4.78 is 0. The molecule has 0 aromatic heterocycles. The molecule has 0 aliphatic heterocycles. The third kappa shape index (κ3) is 3.85. The fourth-order valence-corrected chi connectivity index (χ4v) is 1.91. The fraction of sp³-hybridized carbons (Fsp3) is 0.471. The first kappa shape index (κ1) is 16.3. The van der Waals surface area contributed by atoms with E-state index >= 15 is 0 Å². The summed E-state index contributed by atoms with van der Waals surface area (Å²) >= 11 is 0. The number of hydrogen-bond donors (Lipinski definition) is 1. The number of hydrogen-bond acceptors (Lipinski definition) is 2. The van der Waals surface area contributed by atoms with Crippen molar-refractivity contribution in [1.29, 1.82) is 0 Å². The predicted molar refractivity (Wildman–Crippen MR) is 81.5 cm³/mol. The molecule has 0 radical (unpaired) electrons. The third-order valence-corrected chi connectivity index (χ3v) is 3.67. The van der Waals surface area contributed by atoms with Gasteiger partial charge in [-0.25, -0.2) is 0 Å². The zero-order valence-corrected chi connectivity index (χ0v) is 12.9. The van der Waals surface area contributed by atoms with Gasteiger partial charge in [-0.15, -0.1) is 0 Å². The van der Waals surface area contributed by atoms with E-state index in [4.69, 9.17) is 5.11 Å². The van der Waals surface area contributed by atoms with Crippen molar-refractivity contribution in [2.45, 2.75) is 33.7 Å². The zero-order valence-electron chi connectivity index (χ0n) is 12.9. The first-order valence-electron chi connectivity index (χ1n) is 6.86. The fourth-order valence-electron chi connectivity index (χ4n) is 1.91. The van der Waals surface area contributed by atoms with Crippen LogP contribution in [0.25, 0.3) is 0 Å². The van der Waals surface area contributed by atoms with E-state index < -0.39 is 0 Å². The summed E-state index contributed by atoms with van der Waals surface area (Å²) in [4.78, 5) is 14.2. The molecule has 1 aromatic rings. The minimum absolute atomic E-state index is 0.0240. The Hall–Kier alpha value is -1.79. The summed E-state index contributed by atoms with van der Waals surface area (Å²) in [5, 5.41) is 8.71. The normalized spacial score (nSPS) is 11.8. The van der Waals surface area contributed by atoms with Crippen LogP contribution in [0, 0.1) is 24.7 Å². The van der Waals surface area contributed by atoms with Gasteiger partial charge in [0.15, 0.2) is 0 Å². The van der Waals surface area contributed by atoms with E-state index in [9.17, 15) is 4.79 Å². The Morgan fingerprint density at radius 3 is 2.50 bits per heavy atom. The van der Waals surface area contributed by atoms with E-state index in [0.717, 1.165) is 11.1 Å². The molecule has 1 N–H and O–H groups in total. The van der Waals surface area contributed by atoms with Crippen molar-refractivity contribution in [2.24, 2.45) is 5.92 Å². The van der Waals surface area contributed by atoms with Crippen LogP contribution < -0.4 is 0 Å². The van der Waals surface area contributed by atoms with Crippen LogP contribution in [0.2, 0.25) is 0 Å². The molecule has 3 heteroatoms. The van der Waals surface area contributed by atoms with Crippen LogP contribution in [-0.4, -0.2) is 35.6 Å². The molecule has 1 unspecified atom stereocenters. The average Bonchev–Trinajstić information content (AvgIpc) is 2.43. The molecular formula is C17H23NO2. The predicted octanol–water partition coefficient (Wildman–Crippen LogP) is 2.46. The van der Waals surface area contributed by atoms with E-state index in [1.807, 2.05) is 26.1 Å². The van der Waals surface area contributed by atoms with Gasteiger partial charge in [0.2, 0.25) is 0 Å². The third-order valence-electron chi connectivity index (χ3n) is 3.67. The second kappa shape index (κ2) is 7.12. The van der Waals surface area contributed by atoms with Gasteiger partial charge in [0.1, 0.15) is 6.61 Å². The topological polar surface area (TPSA) is 40.5 Å². The molecule has 1 atom stereocenters. The highest BCUT2D eigenvalue weighted by Crippen LogP contribution is 2.15. The van der Waals surface area contributed by atoms with Crippen molar-refractivity contribution in [1.82, 2.24) is 4.90 Å². The lowest BCUT2D eigenvalue weighted by Crippen LogP contribution is -2.38. The van der Waals surface area contributed by atoms with Gasteiger partial charge < -0.3 is 10.0 Å². The van der Waals surface area contributed by atoms with Gasteiger partial charge in [-0.2, -0.15) is 0 Å². The Morgan fingerprint density at radius 2 is 2.00 bits per heavy atom. The van der Waals surface area contributed by atoms with Gasteiger partial charge >= 0.3 is 0 Å². The van der Waals surface area contributed by atoms with Crippen molar-refractivity contribution in [2.75, 3.05) is 13.7 Å². The highest BCUT2D eigenvalue weighted by Gasteiger charge is 2.20. The van der Waals surface area contributed by atoms with Crippen LogP contribution in [0.5, 0.6) is 0 Å². The maximum absolute atomic E-state index is 12.4. The molecule has 0 heterocycles. The van der Waals surface area contributed by atoms with E-state index in [1.54, 1.807) is 11.0 Å². The number of aliphatic hydroxyl groups excluding tert-OH is 1. The highest BCUT2D eigenvalue weighted by atomic mass is 16.2. The van der Waals surface area contributed by atoms with Gasteiger partial charge in [-0.05, 0) is 43.5 Å². The summed E-state index contributed by atoms with van der Waals surface area (Å²) in [6.07, 6.45) is 0. The van der Waals surface area contributed by atoms with Gasteiger partial charge in [0.05, 0.1) is 0 Å². The molecule has 0 aliphatic rings. The summed E-state index contributed by atoms with van der Waals surface area (Å²) in [6, 6.07) is 5.67. The summed E-state index contributed by atoms with van der Waals surface area (Å²) in [7, 11) is 1.84. The molecule has 108 valence electrons. The average molecular weight is 273 g/mol. The molecule has 0 spiro atoms. The standard InChI is InChI=1S/C17H23NO2/c1-12(2)14(4)18(5)17(20)16-9-8-15(7-6-10-19)13(3)11-16/h8-9,11-12,14,19H,10H2,1-5H3. The number of carbonyl (C=O) groups excluding carboxylic acids is 1. The maximum Gasteiger partial charge on any atom is 0.253 e. The summed E-state index contributed by atoms with van der Waals surface area (Å²) in [6.45, 7) is 8.02. The Kier molecular flexibility index (Phi) is 5.79. The number of aliphatic hydroxyl groups is 1. The molecule has 0 saturated carbocycles. The highest BCUT2D eigenvalue weighted by molar-refractivity contribution is 5.94. The first-order chi connectivity index (χ1) is 9.38. The van der Waals surface area contributed by atoms with Crippen LogP contribution in [-0.2, 0) is 0 Å². The smallest absolute Gasteiger partial charge is 0.253 e. The minimum Gasteiger partial charge on any atom is -0.384 e. The SMILES string of the molecule is Cc1cc(C(=O)N(C)C(C)C(C)C)ccc1C#CCO. The number of benzene rings is 1. The van der Waals surface area contributed by atoms with Crippen LogP contribution >= 0.6 is 0 Å². The van der Waals surface area contributed by atoms with Crippen LogP contribution in [0.1, 0.15) is 42.3 Å². The molecule has 0 fully saturated rings. The molecule has 3 nitrogen and oxygen atoms in total. The Balaban J connectivity index is 2.98. The molecule has 0 saturated heterocycles. The molecule has 1 rings (SSSR count). The lowest BCUT2D eigenvalue weighted by atomic mass is 10.0. The first-order valence-corrected chi connectivity index (χ1v) is 6.86. The molecule has 1 aromatic carbocycles. The number of rotatable bonds is 3. The van der Waals surface area contributed by atoms with Crippen molar-refractivity contribution in [3.63, 3.8) is 0 Å². The number of amides is 1.